The van der Waals surface area contributed by atoms with Crippen LogP contribution in [0.5, 0.6) is 0 Å². The van der Waals surface area contributed by atoms with Gasteiger partial charge in [0.15, 0.2) is 0 Å². The molecule has 2 rings (SSSR count). The van der Waals surface area contributed by atoms with E-state index in [1.54, 1.807) is 0 Å². The molecule has 1 aromatic carbocycles. The summed E-state index contributed by atoms with van der Waals surface area (Å²) in [5.41, 5.74) is 8.15. The van der Waals surface area contributed by atoms with Crippen LogP contribution in [-0.4, -0.2) is 28.7 Å². The second kappa shape index (κ2) is 6.24. The number of para-hydroxylation sites is 1. The number of alkyl halides is 1. The molecule has 20 heavy (non-hydrogen) atoms. The number of nitrogens with zero attached hydrogens (tertiary/aromatic N) is 2. The molecular formula is C14H18ClN3O2. The van der Waals surface area contributed by atoms with Gasteiger partial charge in [-0.1, -0.05) is 12.1 Å². The van der Waals surface area contributed by atoms with Crippen molar-refractivity contribution in [2.75, 3.05) is 13.2 Å². The second-order valence-electron chi connectivity index (χ2n) is 4.70. The van der Waals surface area contributed by atoms with E-state index in [0.29, 0.717) is 13.2 Å². The molecule has 1 unspecified atom stereocenters. The van der Waals surface area contributed by atoms with Crippen LogP contribution in [0.25, 0.3) is 11.0 Å². The summed E-state index contributed by atoms with van der Waals surface area (Å²) >= 11 is 6.20. The highest BCUT2D eigenvalue weighted by molar-refractivity contribution is 6.20. The van der Waals surface area contributed by atoms with Gasteiger partial charge in [0, 0.05) is 6.54 Å². The van der Waals surface area contributed by atoms with E-state index in [2.05, 4.69) is 4.98 Å². The number of hydrogen-bond donors (Lipinski definition) is 1. The molecule has 1 aromatic heterocycles. The zero-order valence-electron chi connectivity index (χ0n) is 11.6. The Labute approximate surface area is 122 Å². The van der Waals surface area contributed by atoms with Crippen LogP contribution in [0.3, 0.4) is 0 Å². The van der Waals surface area contributed by atoms with Crippen molar-refractivity contribution < 1.29 is 9.53 Å². The standard InChI is InChI=1S/C14H18ClN3O2/c1-9-4-3-5-11-13(9)18(14(17-11)10(2)15)6-7-20-8-12(16)19/h3-5,10H,6-8H2,1-2H3,(H2,16,19). The third kappa shape index (κ3) is 3.11. The number of hydrogen-bond acceptors (Lipinski definition) is 3. The van der Waals surface area contributed by atoms with Gasteiger partial charge in [0.05, 0.1) is 23.0 Å². The lowest BCUT2D eigenvalue weighted by Gasteiger charge is -2.11. The fraction of sp³-hybridized carbons (Fsp3) is 0.429. The van der Waals surface area contributed by atoms with E-state index in [0.717, 1.165) is 22.4 Å². The highest BCUT2D eigenvalue weighted by Gasteiger charge is 2.15. The van der Waals surface area contributed by atoms with Crippen LogP contribution in [0.4, 0.5) is 0 Å². The Kier molecular flexibility index (Phi) is 4.62. The average molecular weight is 296 g/mol. The van der Waals surface area contributed by atoms with Gasteiger partial charge in [0.2, 0.25) is 5.91 Å². The molecule has 0 bridgehead atoms. The van der Waals surface area contributed by atoms with Crippen LogP contribution >= 0.6 is 11.6 Å². The molecule has 1 heterocycles. The molecule has 0 aliphatic carbocycles. The molecule has 2 aromatic rings. The topological polar surface area (TPSA) is 70.1 Å². The minimum atomic E-state index is -0.470. The Bertz CT molecular complexity index is 622. The van der Waals surface area contributed by atoms with Gasteiger partial charge >= 0.3 is 0 Å². The van der Waals surface area contributed by atoms with Crippen LogP contribution in [0, 0.1) is 6.92 Å². The van der Waals surface area contributed by atoms with Gasteiger partial charge in [-0.15, -0.1) is 11.6 Å². The minimum absolute atomic E-state index is 0.0720. The van der Waals surface area contributed by atoms with Crippen LogP contribution in [-0.2, 0) is 16.1 Å². The van der Waals surface area contributed by atoms with Gasteiger partial charge < -0.3 is 15.0 Å². The Balaban J connectivity index is 2.29. The van der Waals surface area contributed by atoms with E-state index in [1.165, 1.54) is 0 Å². The van der Waals surface area contributed by atoms with Crippen molar-refractivity contribution in [3.05, 3.63) is 29.6 Å². The van der Waals surface area contributed by atoms with Crippen LogP contribution in [0.1, 0.15) is 23.7 Å². The zero-order chi connectivity index (χ0) is 14.7. The SMILES string of the molecule is Cc1cccc2nc(C(C)Cl)n(CCOCC(N)=O)c12. The predicted molar refractivity (Wildman–Crippen MR) is 78.8 cm³/mol. The highest BCUT2D eigenvalue weighted by Crippen LogP contribution is 2.26. The molecular weight excluding hydrogens is 278 g/mol. The molecule has 6 heteroatoms. The van der Waals surface area contributed by atoms with E-state index >= 15 is 0 Å². The number of benzene rings is 1. The predicted octanol–water partition coefficient (Wildman–Crippen LogP) is 2.15. The normalized spacial score (nSPS) is 12.8. The Morgan fingerprint density at radius 3 is 2.95 bits per heavy atom. The number of imidazole rings is 1. The number of aromatic nitrogens is 2. The summed E-state index contributed by atoms with van der Waals surface area (Å²) in [6.07, 6.45) is 0. The maximum absolute atomic E-state index is 10.7. The van der Waals surface area contributed by atoms with E-state index in [-0.39, 0.29) is 12.0 Å². The van der Waals surface area contributed by atoms with Crippen LogP contribution in [0.15, 0.2) is 18.2 Å². The fourth-order valence-electron chi connectivity index (χ4n) is 2.24. The van der Waals surface area contributed by atoms with E-state index in [1.807, 2.05) is 36.6 Å². The summed E-state index contributed by atoms with van der Waals surface area (Å²) < 4.78 is 7.27. The number of amides is 1. The number of primary amides is 1. The quantitative estimate of drug-likeness (QED) is 0.656. The van der Waals surface area contributed by atoms with Gasteiger partial charge in [0.1, 0.15) is 12.4 Å². The number of aryl methyl sites for hydroxylation is 1. The molecule has 0 fully saturated rings. The van der Waals surface area contributed by atoms with Crippen molar-refractivity contribution in [3.63, 3.8) is 0 Å². The Hall–Kier alpha value is -1.59. The third-order valence-corrected chi connectivity index (χ3v) is 3.25. The lowest BCUT2D eigenvalue weighted by Crippen LogP contribution is -2.20. The zero-order valence-corrected chi connectivity index (χ0v) is 12.4. The van der Waals surface area contributed by atoms with Crippen LogP contribution in [0.2, 0.25) is 0 Å². The molecule has 2 N–H and O–H groups in total. The maximum atomic E-state index is 10.7. The summed E-state index contributed by atoms with van der Waals surface area (Å²) in [5, 5.41) is -0.196. The number of carbonyl (C=O) groups excluding carboxylic acids is 1. The van der Waals surface area contributed by atoms with Crippen molar-refractivity contribution in [2.45, 2.75) is 25.8 Å². The van der Waals surface area contributed by atoms with Crippen molar-refractivity contribution in [1.29, 1.82) is 0 Å². The van der Waals surface area contributed by atoms with E-state index < -0.39 is 5.91 Å². The molecule has 0 saturated carbocycles. The summed E-state index contributed by atoms with van der Waals surface area (Å²) in [6.45, 7) is 4.82. The third-order valence-electron chi connectivity index (χ3n) is 3.06. The lowest BCUT2D eigenvalue weighted by molar-refractivity contribution is -0.122. The number of fused-ring (bicyclic) bond motifs is 1. The Morgan fingerprint density at radius 2 is 2.30 bits per heavy atom. The first kappa shape index (κ1) is 14.8. The van der Waals surface area contributed by atoms with E-state index in [9.17, 15) is 4.79 Å². The van der Waals surface area contributed by atoms with Gasteiger partial charge in [-0.05, 0) is 25.5 Å². The summed E-state index contributed by atoms with van der Waals surface area (Å²) in [4.78, 5) is 15.2. The van der Waals surface area contributed by atoms with Crippen molar-refractivity contribution in [2.24, 2.45) is 5.73 Å². The highest BCUT2D eigenvalue weighted by atomic mass is 35.5. The van der Waals surface area contributed by atoms with Gasteiger partial charge in [0.25, 0.3) is 0 Å². The average Bonchev–Trinajstić information content (AvgIpc) is 2.75. The number of carbonyl (C=O) groups is 1. The first-order valence-electron chi connectivity index (χ1n) is 6.46. The molecule has 1 atom stereocenters. The number of rotatable bonds is 6. The molecule has 0 saturated heterocycles. The molecule has 108 valence electrons. The van der Waals surface area contributed by atoms with Crippen molar-refractivity contribution in [1.82, 2.24) is 9.55 Å². The fourth-order valence-corrected chi connectivity index (χ4v) is 2.41. The maximum Gasteiger partial charge on any atom is 0.243 e. The van der Waals surface area contributed by atoms with Gasteiger partial charge in [-0.3, -0.25) is 4.79 Å². The lowest BCUT2D eigenvalue weighted by atomic mass is 10.2. The van der Waals surface area contributed by atoms with Crippen molar-refractivity contribution in [3.8, 4) is 0 Å². The van der Waals surface area contributed by atoms with Gasteiger partial charge in [-0.25, -0.2) is 4.98 Å². The number of nitrogens with two attached hydrogens (primary N) is 1. The summed E-state index contributed by atoms with van der Waals surface area (Å²) in [7, 11) is 0. The first-order valence-corrected chi connectivity index (χ1v) is 6.90. The molecule has 0 radical (unpaired) electrons. The van der Waals surface area contributed by atoms with E-state index in [4.69, 9.17) is 22.1 Å². The summed E-state index contributed by atoms with van der Waals surface area (Å²) in [6, 6.07) is 5.97. The molecule has 1 amide bonds. The first-order chi connectivity index (χ1) is 9.50. The minimum Gasteiger partial charge on any atom is -0.370 e. The molecule has 5 nitrogen and oxygen atoms in total. The molecule has 0 aliphatic heterocycles. The van der Waals surface area contributed by atoms with Crippen LogP contribution < -0.4 is 5.73 Å². The monoisotopic (exact) mass is 295 g/mol. The largest absolute Gasteiger partial charge is 0.370 e. The smallest absolute Gasteiger partial charge is 0.243 e. The molecule has 0 aliphatic rings. The Morgan fingerprint density at radius 1 is 1.55 bits per heavy atom. The van der Waals surface area contributed by atoms with Crippen molar-refractivity contribution >= 4 is 28.5 Å². The summed E-state index contributed by atoms with van der Waals surface area (Å²) in [5.74, 6) is 0.334. The number of halogens is 1. The number of ether oxygens (including phenoxy) is 1. The van der Waals surface area contributed by atoms with Gasteiger partial charge in [-0.2, -0.15) is 0 Å². The molecule has 0 spiro atoms. The second-order valence-corrected chi connectivity index (χ2v) is 5.35.